The van der Waals surface area contributed by atoms with Crippen LogP contribution in [0.5, 0.6) is 5.75 Å². The molecule has 1 saturated heterocycles. The molecule has 1 aromatic carbocycles. The van der Waals surface area contributed by atoms with Gasteiger partial charge in [0.05, 0.1) is 11.0 Å². The number of benzene rings is 1. The van der Waals surface area contributed by atoms with Gasteiger partial charge in [0.25, 0.3) is 5.91 Å². The molecule has 9 heteroatoms. The van der Waals surface area contributed by atoms with E-state index in [1.54, 1.807) is 23.5 Å². The van der Waals surface area contributed by atoms with Crippen molar-refractivity contribution in [3.63, 3.8) is 0 Å². The molecule has 158 valence electrons. The number of para-hydroxylation sites is 2. The number of hydrogen-bond donors (Lipinski definition) is 1. The summed E-state index contributed by atoms with van der Waals surface area (Å²) in [7, 11) is 0. The number of carbonyl (C=O) groups excluding carboxylic acids is 1. The van der Waals surface area contributed by atoms with E-state index in [4.69, 9.17) is 4.74 Å². The highest BCUT2D eigenvalue weighted by Crippen LogP contribution is 2.28. The molecule has 29 heavy (non-hydrogen) atoms. The minimum Gasteiger partial charge on any atom is -0.477 e. The smallest absolute Gasteiger partial charge is 0.310 e. The van der Waals surface area contributed by atoms with E-state index < -0.39 is 4.92 Å². The molecule has 2 heterocycles. The summed E-state index contributed by atoms with van der Waals surface area (Å²) in [6.45, 7) is 2.32. The molecule has 7 nitrogen and oxygen atoms in total. The maximum Gasteiger partial charge on any atom is 0.310 e. The van der Waals surface area contributed by atoms with E-state index in [2.05, 4.69) is 21.7 Å². The van der Waals surface area contributed by atoms with Gasteiger partial charge in [-0.2, -0.15) is 0 Å². The third-order valence-electron chi connectivity index (χ3n) is 4.87. The first-order chi connectivity index (χ1) is 13.6. The van der Waals surface area contributed by atoms with Gasteiger partial charge in [0.15, 0.2) is 12.4 Å². The average Bonchev–Trinajstić information content (AvgIpc) is 3.09. The van der Waals surface area contributed by atoms with Gasteiger partial charge in [-0.05, 0) is 43.4 Å². The monoisotopic (exact) mass is 439 g/mol. The Kier molecular flexibility index (Phi) is 9.37. The van der Waals surface area contributed by atoms with Crippen molar-refractivity contribution in [3.8, 4) is 5.75 Å². The lowest BCUT2D eigenvalue weighted by Crippen LogP contribution is -2.39. The Labute approximate surface area is 180 Å². The molecule has 1 aromatic heterocycles. The number of carbonyl (C=O) groups is 1. The molecule has 0 radical (unpaired) electrons. The Morgan fingerprint density at radius 2 is 1.90 bits per heavy atom. The lowest BCUT2D eigenvalue weighted by molar-refractivity contribution is -0.385. The summed E-state index contributed by atoms with van der Waals surface area (Å²) >= 11 is 1.70. The Balaban J connectivity index is 0.00000300. The van der Waals surface area contributed by atoms with Crippen LogP contribution in [-0.4, -0.2) is 42.0 Å². The highest BCUT2D eigenvalue weighted by atomic mass is 35.5. The third kappa shape index (κ3) is 6.69. The van der Waals surface area contributed by atoms with Gasteiger partial charge in [-0.25, -0.2) is 0 Å². The molecule has 1 N–H and O–H groups in total. The molecule has 1 unspecified atom stereocenters. The SMILES string of the molecule is Cl.O=C(COc1ccccc1[N+](=O)[O-])NCC(c1cccs1)N1CCCCCC1. The number of nitro benzene ring substituents is 1. The second-order valence-corrected chi connectivity index (χ2v) is 7.78. The maximum absolute atomic E-state index is 12.3. The molecular formula is C20H26ClN3O4S. The van der Waals surface area contributed by atoms with Crippen molar-refractivity contribution < 1.29 is 14.5 Å². The zero-order valence-electron chi connectivity index (χ0n) is 16.1. The van der Waals surface area contributed by atoms with Crippen LogP contribution in [0.3, 0.4) is 0 Å². The van der Waals surface area contributed by atoms with Crippen molar-refractivity contribution in [2.75, 3.05) is 26.2 Å². The van der Waals surface area contributed by atoms with Gasteiger partial charge in [0.1, 0.15) is 0 Å². The lowest BCUT2D eigenvalue weighted by atomic mass is 10.2. The number of likely N-dealkylation sites (tertiary alicyclic amines) is 1. The lowest BCUT2D eigenvalue weighted by Gasteiger charge is -2.30. The van der Waals surface area contributed by atoms with Crippen LogP contribution in [0.4, 0.5) is 5.69 Å². The highest BCUT2D eigenvalue weighted by molar-refractivity contribution is 7.10. The molecule has 0 aliphatic carbocycles. The second kappa shape index (κ2) is 11.7. The second-order valence-electron chi connectivity index (χ2n) is 6.80. The van der Waals surface area contributed by atoms with E-state index in [9.17, 15) is 14.9 Å². The van der Waals surface area contributed by atoms with E-state index >= 15 is 0 Å². The van der Waals surface area contributed by atoms with Gasteiger partial charge >= 0.3 is 5.69 Å². The fourth-order valence-corrected chi connectivity index (χ4v) is 4.29. The van der Waals surface area contributed by atoms with Crippen molar-refractivity contribution in [1.29, 1.82) is 0 Å². The van der Waals surface area contributed by atoms with Crippen LogP contribution in [0.25, 0.3) is 0 Å². The number of nitrogens with one attached hydrogen (secondary N) is 1. The summed E-state index contributed by atoms with van der Waals surface area (Å²) in [5, 5.41) is 16.0. The summed E-state index contributed by atoms with van der Waals surface area (Å²) in [5.74, 6) is -0.181. The number of amides is 1. The molecule has 1 aliphatic heterocycles. The fourth-order valence-electron chi connectivity index (χ4n) is 3.43. The zero-order chi connectivity index (χ0) is 19.8. The maximum atomic E-state index is 12.3. The number of ether oxygens (including phenoxy) is 1. The van der Waals surface area contributed by atoms with E-state index in [1.165, 1.54) is 42.7 Å². The topological polar surface area (TPSA) is 84.7 Å². The number of hydrogen-bond acceptors (Lipinski definition) is 6. The van der Waals surface area contributed by atoms with E-state index in [0.29, 0.717) is 6.54 Å². The minimum absolute atomic E-state index is 0. The molecular weight excluding hydrogens is 414 g/mol. The summed E-state index contributed by atoms with van der Waals surface area (Å²) in [4.78, 5) is 26.5. The van der Waals surface area contributed by atoms with Crippen LogP contribution < -0.4 is 10.1 Å². The Morgan fingerprint density at radius 3 is 2.55 bits per heavy atom. The summed E-state index contributed by atoms with van der Waals surface area (Å²) in [5.41, 5.74) is -0.142. The van der Waals surface area contributed by atoms with Gasteiger partial charge in [0.2, 0.25) is 0 Å². The first-order valence-electron chi connectivity index (χ1n) is 9.55. The molecule has 2 aromatic rings. The van der Waals surface area contributed by atoms with Gasteiger partial charge in [0, 0.05) is 17.5 Å². The van der Waals surface area contributed by atoms with Crippen LogP contribution >= 0.6 is 23.7 Å². The summed E-state index contributed by atoms with van der Waals surface area (Å²) in [6.07, 6.45) is 4.86. The fraction of sp³-hybridized carbons (Fsp3) is 0.450. The van der Waals surface area contributed by atoms with Gasteiger partial charge in [-0.15, -0.1) is 23.7 Å². The molecule has 0 bridgehead atoms. The first kappa shape index (κ1) is 23.1. The Morgan fingerprint density at radius 1 is 1.17 bits per heavy atom. The van der Waals surface area contributed by atoms with Crippen molar-refractivity contribution in [2.45, 2.75) is 31.7 Å². The quantitative estimate of drug-likeness (QED) is 0.492. The molecule has 0 saturated carbocycles. The molecule has 0 spiro atoms. The van der Waals surface area contributed by atoms with Gasteiger partial charge in [-0.3, -0.25) is 19.8 Å². The van der Waals surface area contributed by atoms with Crippen molar-refractivity contribution >= 4 is 35.3 Å². The predicted molar refractivity (Wildman–Crippen MR) is 116 cm³/mol. The van der Waals surface area contributed by atoms with Crippen LogP contribution in [0.2, 0.25) is 0 Å². The number of rotatable bonds is 8. The number of nitro groups is 1. The molecule has 3 rings (SSSR count). The van der Waals surface area contributed by atoms with E-state index in [-0.39, 0.29) is 42.4 Å². The number of halogens is 1. The predicted octanol–water partition coefficient (Wildman–Crippen LogP) is 4.19. The summed E-state index contributed by atoms with van der Waals surface area (Å²) < 4.78 is 5.38. The molecule has 1 aliphatic rings. The Bertz CT molecular complexity index is 780. The van der Waals surface area contributed by atoms with Crippen molar-refractivity contribution in [3.05, 3.63) is 56.8 Å². The van der Waals surface area contributed by atoms with E-state index in [0.717, 1.165) is 13.1 Å². The average molecular weight is 440 g/mol. The van der Waals surface area contributed by atoms with E-state index in [1.807, 2.05) is 6.07 Å². The first-order valence-corrected chi connectivity index (χ1v) is 10.4. The molecule has 1 atom stereocenters. The van der Waals surface area contributed by atoms with Gasteiger partial charge in [-0.1, -0.05) is 31.0 Å². The number of thiophene rings is 1. The largest absolute Gasteiger partial charge is 0.477 e. The molecule has 1 fully saturated rings. The molecule has 1 amide bonds. The minimum atomic E-state index is -0.514. The van der Waals surface area contributed by atoms with Crippen molar-refractivity contribution in [2.24, 2.45) is 0 Å². The van der Waals surface area contributed by atoms with Crippen molar-refractivity contribution in [1.82, 2.24) is 10.2 Å². The summed E-state index contributed by atoms with van der Waals surface area (Å²) in [6, 6.07) is 10.4. The van der Waals surface area contributed by atoms with Crippen LogP contribution in [-0.2, 0) is 4.79 Å². The highest BCUT2D eigenvalue weighted by Gasteiger charge is 2.23. The normalized spacial score (nSPS) is 15.6. The number of nitrogens with zero attached hydrogens (tertiary/aromatic N) is 2. The van der Waals surface area contributed by atoms with Gasteiger partial charge < -0.3 is 10.1 Å². The van der Waals surface area contributed by atoms with Crippen LogP contribution in [0.1, 0.15) is 36.6 Å². The van der Waals surface area contributed by atoms with Crippen LogP contribution in [0.15, 0.2) is 41.8 Å². The van der Waals surface area contributed by atoms with Crippen LogP contribution in [0, 0.1) is 10.1 Å². The zero-order valence-corrected chi connectivity index (χ0v) is 17.8. The Hall–Kier alpha value is -2.16. The third-order valence-corrected chi connectivity index (χ3v) is 5.84. The standard InChI is InChI=1S/C20H25N3O4S.ClH/c24-20(15-27-18-9-4-3-8-16(18)23(25)26)21-14-17(19-10-7-13-28-19)22-11-5-1-2-6-12-22;/h3-4,7-10,13,17H,1-2,5-6,11-12,14-15H2,(H,21,24);1H.